The smallest absolute Gasteiger partial charge is 0.159 e. The van der Waals surface area contributed by atoms with Crippen molar-refractivity contribution in [3.8, 4) is 11.1 Å². The van der Waals surface area contributed by atoms with Crippen molar-refractivity contribution in [2.75, 3.05) is 0 Å². The molecular formula is C24H17BrO2. The Hall–Kier alpha value is -2.78. The highest BCUT2D eigenvalue weighted by Gasteiger charge is 2.25. The molecular weight excluding hydrogens is 400 g/mol. The number of fused-ring (bicyclic) bond motifs is 3. The van der Waals surface area contributed by atoms with Gasteiger partial charge in [-0.15, -0.1) is 0 Å². The first-order chi connectivity index (χ1) is 12.9. The maximum atomic E-state index is 11.9. The third-order valence-corrected chi connectivity index (χ3v) is 5.43. The van der Waals surface area contributed by atoms with Crippen molar-refractivity contribution in [1.29, 1.82) is 0 Å². The number of carbonyl (C=O) groups is 2. The molecule has 3 aromatic carbocycles. The Morgan fingerprint density at radius 1 is 0.704 bits per heavy atom. The predicted octanol–water partition coefficient (Wildman–Crippen LogP) is 6.42. The van der Waals surface area contributed by atoms with Gasteiger partial charge in [-0.3, -0.25) is 9.59 Å². The molecule has 0 saturated heterocycles. The number of hydrogen-bond acceptors (Lipinski definition) is 2. The van der Waals surface area contributed by atoms with E-state index in [0.717, 1.165) is 37.9 Å². The zero-order valence-electron chi connectivity index (χ0n) is 15.0. The SMILES string of the molecule is CC(=O)c1ccc2c(c1)C(=Cc1ccc(Br)cc1)c1cc(C(C)=O)ccc1-2. The summed E-state index contributed by atoms with van der Waals surface area (Å²) < 4.78 is 1.02. The average molecular weight is 417 g/mol. The lowest BCUT2D eigenvalue weighted by Crippen LogP contribution is -1.94. The minimum atomic E-state index is 0.0428. The van der Waals surface area contributed by atoms with Gasteiger partial charge in [0.2, 0.25) is 0 Å². The molecule has 1 aliphatic carbocycles. The van der Waals surface area contributed by atoms with Gasteiger partial charge in [0.05, 0.1) is 0 Å². The summed E-state index contributed by atoms with van der Waals surface area (Å²) in [6, 6.07) is 19.7. The summed E-state index contributed by atoms with van der Waals surface area (Å²) in [4.78, 5) is 23.8. The molecule has 0 N–H and O–H groups in total. The number of halogens is 1. The largest absolute Gasteiger partial charge is 0.295 e. The molecule has 0 bridgehead atoms. The van der Waals surface area contributed by atoms with E-state index in [0.29, 0.717) is 11.1 Å². The normalized spacial score (nSPS) is 11.7. The van der Waals surface area contributed by atoms with Crippen LogP contribution in [0.25, 0.3) is 22.8 Å². The highest BCUT2D eigenvalue weighted by atomic mass is 79.9. The van der Waals surface area contributed by atoms with Gasteiger partial charge in [0.25, 0.3) is 0 Å². The maximum Gasteiger partial charge on any atom is 0.159 e. The Morgan fingerprint density at radius 3 is 1.63 bits per heavy atom. The minimum Gasteiger partial charge on any atom is -0.295 e. The first kappa shape index (κ1) is 17.6. The fourth-order valence-corrected chi connectivity index (χ4v) is 3.73. The van der Waals surface area contributed by atoms with Crippen LogP contribution >= 0.6 is 15.9 Å². The van der Waals surface area contributed by atoms with Crippen molar-refractivity contribution >= 4 is 39.1 Å². The van der Waals surface area contributed by atoms with Gasteiger partial charge in [-0.1, -0.05) is 52.3 Å². The summed E-state index contributed by atoms with van der Waals surface area (Å²) in [5.74, 6) is 0.0855. The average Bonchev–Trinajstić information content (AvgIpc) is 2.96. The highest BCUT2D eigenvalue weighted by Crippen LogP contribution is 2.45. The summed E-state index contributed by atoms with van der Waals surface area (Å²) in [7, 11) is 0. The number of carbonyl (C=O) groups excluding carboxylic acids is 2. The van der Waals surface area contributed by atoms with Gasteiger partial charge in [0, 0.05) is 15.6 Å². The zero-order chi connectivity index (χ0) is 19.1. The lowest BCUT2D eigenvalue weighted by atomic mass is 9.97. The molecule has 0 unspecified atom stereocenters. The zero-order valence-corrected chi connectivity index (χ0v) is 16.6. The quantitative estimate of drug-likeness (QED) is 0.360. The van der Waals surface area contributed by atoms with Crippen molar-refractivity contribution in [1.82, 2.24) is 0 Å². The monoisotopic (exact) mass is 416 g/mol. The van der Waals surface area contributed by atoms with Crippen molar-refractivity contribution < 1.29 is 9.59 Å². The summed E-state index contributed by atoms with van der Waals surface area (Å²) in [5, 5.41) is 0. The van der Waals surface area contributed by atoms with E-state index in [1.165, 1.54) is 0 Å². The lowest BCUT2D eigenvalue weighted by molar-refractivity contribution is 0.100. The van der Waals surface area contributed by atoms with E-state index >= 15 is 0 Å². The van der Waals surface area contributed by atoms with Gasteiger partial charge in [-0.05, 0) is 77.6 Å². The molecule has 0 saturated carbocycles. The molecule has 0 atom stereocenters. The number of Topliss-reactive ketones (excluding diaryl/α,β-unsaturated/α-hetero) is 2. The number of ketones is 2. The van der Waals surface area contributed by atoms with Crippen molar-refractivity contribution in [3.05, 3.63) is 93.0 Å². The molecule has 27 heavy (non-hydrogen) atoms. The Bertz CT molecular complexity index is 1060. The Labute approximate surface area is 166 Å². The standard InChI is InChI=1S/C24H17BrO2/c1-14(26)17-5-9-20-21-10-6-18(15(2)27)13-24(21)22(23(20)12-17)11-16-3-7-19(25)8-4-16/h3-13H,1-2H3. The van der Waals surface area contributed by atoms with Gasteiger partial charge in [-0.25, -0.2) is 0 Å². The van der Waals surface area contributed by atoms with Gasteiger partial charge >= 0.3 is 0 Å². The van der Waals surface area contributed by atoms with E-state index in [2.05, 4.69) is 22.0 Å². The lowest BCUT2D eigenvalue weighted by Gasteiger charge is -2.06. The third kappa shape index (κ3) is 3.19. The maximum absolute atomic E-state index is 11.9. The molecule has 0 spiro atoms. The third-order valence-electron chi connectivity index (χ3n) is 4.90. The van der Waals surface area contributed by atoms with Gasteiger partial charge in [0.1, 0.15) is 0 Å². The summed E-state index contributed by atoms with van der Waals surface area (Å²) in [6.45, 7) is 3.16. The first-order valence-corrected chi connectivity index (χ1v) is 9.52. The summed E-state index contributed by atoms with van der Waals surface area (Å²) in [6.07, 6.45) is 2.12. The molecule has 132 valence electrons. The molecule has 2 nitrogen and oxygen atoms in total. The Balaban J connectivity index is 1.97. The van der Waals surface area contributed by atoms with E-state index in [1.807, 2.05) is 60.7 Å². The number of rotatable bonds is 3. The Morgan fingerprint density at radius 2 is 1.19 bits per heavy atom. The molecule has 0 aliphatic heterocycles. The molecule has 0 radical (unpaired) electrons. The van der Waals surface area contributed by atoms with Crippen LogP contribution in [-0.2, 0) is 0 Å². The second-order valence-corrected chi connectivity index (χ2v) is 7.66. The van der Waals surface area contributed by atoms with Gasteiger partial charge in [-0.2, -0.15) is 0 Å². The van der Waals surface area contributed by atoms with Crippen LogP contribution in [0.2, 0.25) is 0 Å². The van der Waals surface area contributed by atoms with Crippen LogP contribution in [0.4, 0.5) is 0 Å². The van der Waals surface area contributed by atoms with Gasteiger partial charge < -0.3 is 0 Å². The highest BCUT2D eigenvalue weighted by molar-refractivity contribution is 9.10. The van der Waals surface area contributed by atoms with Crippen LogP contribution in [0.3, 0.4) is 0 Å². The van der Waals surface area contributed by atoms with Crippen molar-refractivity contribution in [2.24, 2.45) is 0 Å². The molecule has 0 amide bonds. The van der Waals surface area contributed by atoms with E-state index in [4.69, 9.17) is 0 Å². The van der Waals surface area contributed by atoms with E-state index < -0.39 is 0 Å². The molecule has 0 heterocycles. The molecule has 3 heteroatoms. The summed E-state index contributed by atoms with van der Waals surface area (Å²) >= 11 is 3.47. The fraction of sp³-hybridized carbons (Fsp3) is 0.0833. The topological polar surface area (TPSA) is 34.1 Å². The second kappa shape index (κ2) is 6.75. The van der Waals surface area contributed by atoms with E-state index in [9.17, 15) is 9.59 Å². The van der Waals surface area contributed by atoms with Crippen LogP contribution in [-0.4, -0.2) is 11.6 Å². The van der Waals surface area contributed by atoms with Crippen LogP contribution in [0.1, 0.15) is 51.3 Å². The molecule has 0 fully saturated rings. The molecule has 1 aliphatic rings. The predicted molar refractivity (Wildman–Crippen MR) is 113 cm³/mol. The van der Waals surface area contributed by atoms with Crippen LogP contribution < -0.4 is 0 Å². The molecule has 0 aromatic heterocycles. The Kier molecular flexibility index (Phi) is 4.40. The number of benzene rings is 3. The first-order valence-electron chi connectivity index (χ1n) is 8.72. The second-order valence-electron chi connectivity index (χ2n) is 6.74. The van der Waals surface area contributed by atoms with Gasteiger partial charge in [0.15, 0.2) is 11.6 Å². The number of hydrogen-bond donors (Lipinski definition) is 0. The fourth-order valence-electron chi connectivity index (χ4n) is 3.47. The molecule has 4 rings (SSSR count). The van der Waals surface area contributed by atoms with Crippen LogP contribution in [0, 0.1) is 0 Å². The summed E-state index contributed by atoms with van der Waals surface area (Å²) in [5.41, 5.74) is 7.72. The minimum absolute atomic E-state index is 0.0428. The van der Waals surface area contributed by atoms with E-state index in [1.54, 1.807) is 13.8 Å². The van der Waals surface area contributed by atoms with E-state index in [-0.39, 0.29) is 11.6 Å². The van der Waals surface area contributed by atoms with Crippen LogP contribution in [0.15, 0.2) is 65.1 Å². The van der Waals surface area contributed by atoms with Crippen LogP contribution in [0.5, 0.6) is 0 Å². The van der Waals surface area contributed by atoms with Crippen molar-refractivity contribution in [2.45, 2.75) is 13.8 Å². The van der Waals surface area contributed by atoms with Crippen molar-refractivity contribution in [3.63, 3.8) is 0 Å². The molecule has 3 aromatic rings.